The molecule has 0 aromatic heterocycles. The van der Waals surface area contributed by atoms with Gasteiger partial charge >= 0.3 is 0 Å². The van der Waals surface area contributed by atoms with Crippen molar-refractivity contribution < 1.29 is 0 Å². The summed E-state index contributed by atoms with van der Waals surface area (Å²) in [6.07, 6.45) is 4.96. The summed E-state index contributed by atoms with van der Waals surface area (Å²) < 4.78 is 0.380. The normalized spacial score (nSPS) is 19.1. The Bertz CT molecular complexity index is 313. The van der Waals surface area contributed by atoms with Gasteiger partial charge in [-0.15, -0.1) is 0 Å². The van der Waals surface area contributed by atoms with Crippen LogP contribution in [-0.2, 0) is 0 Å². The first-order valence-corrected chi connectivity index (χ1v) is 9.65. The molecule has 20 heavy (non-hydrogen) atoms. The summed E-state index contributed by atoms with van der Waals surface area (Å²) in [5.41, 5.74) is 0. The van der Waals surface area contributed by atoms with E-state index in [4.69, 9.17) is 5.84 Å². The molecule has 2 unspecified atom stereocenters. The largest absolute Gasteiger partial charge is 0.230 e. The molecule has 0 amide bonds. The second-order valence-electron chi connectivity index (χ2n) is 6.69. The molecule has 0 bridgehead atoms. The van der Waals surface area contributed by atoms with E-state index in [2.05, 4.69) is 51.5 Å². The lowest BCUT2D eigenvalue weighted by atomic mass is 9.86. The molecule has 1 heterocycles. The molecule has 118 valence electrons. The van der Waals surface area contributed by atoms with E-state index in [0.717, 1.165) is 24.1 Å². The summed E-state index contributed by atoms with van der Waals surface area (Å²) in [6, 6.07) is 0. The number of rotatable bonds is 8. The number of hydrogen-bond acceptors (Lipinski definition) is 5. The Morgan fingerprint density at radius 2 is 2.10 bits per heavy atom. The first-order valence-electron chi connectivity index (χ1n) is 7.68. The standard InChI is InChI=1S/C15H31N3S2/c1-6-7-13(10-14-17-18(16)11-19-14)12(2)8-9-20-15(3,4)5/h12-13H,6-11,16H2,1-5H3. The van der Waals surface area contributed by atoms with E-state index in [-0.39, 0.29) is 0 Å². The Kier molecular flexibility index (Phi) is 7.77. The van der Waals surface area contributed by atoms with Gasteiger partial charge < -0.3 is 0 Å². The minimum Gasteiger partial charge on any atom is -0.230 e. The summed E-state index contributed by atoms with van der Waals surface area (Å²) in [4.78, 5) is 0. The highest BCUT2D eigenvalue weighted by Crippen LogP contribution is 2.32. The molecule has 0 aromatic rings. The number of hydrazine groups is 1. The highest BCUT2D eigenvalue weighted by molar-refractivity contribution is 8.14. The summed E-state index contributed by atoms with van der Waals surface area (Å²) in [6.45, 7) is 11.6. The molecule has 2 N–H and O–H groups in total. The molecular formula is C15H31N3S2. The molecule has 0 aromatic carbocycles. The predicted octanol–water partition coefficient (Wildman–Crippen LogP) is 4.54. The Hall–Kier alpha value is 0.130. The van der Waals surface area contributed by atoms with Gasteiger partial charge in [0.15, 0.2) is 0 Å². The molecule has 0 fully saturated rings. The molecule has 0 saturated carbocycles. The van der Waals surface area contributed by atoms with E-state index in [0.29, 0.717) is 4.75 Å². The minimum atomic E-state index is 0.380. The number of nitrogens with zero attached hydrogens (tertiary/aromatic N) is 2. The molecule has 0 radical (unpaired) electrons. The SMILES string of the molecule is CCCC(CC1=NN(N)CS1)C(C)CCSC(C)(C)C. The van der Waals surface area contributed by atoms with E-state index in [1.165, 1.54) is 30.1 Å². The van der Waals surface area contributed by atoms with Gasteiger partial charge in [0.05, 0.1) is 5.04 Å². The minimum absolute atomic E-state index is 0.380. The third-order valence-corrected chi connectivity index (χ3v) is 5.89. The van der Waals surface area contributed by atoms with Gasteiger partial charge in [-0.25, -0.2) is 11.0 Å². The smallest absolute Gasteiger partial charge is 0.104 e. The zero-order valence-corrected chi connectivity index (χ0v) is 15.3. The summed E-state index contributed by atoms with van der Waals surface area (Å²) in [5.74, 6) is 9.28. The van der Waals surface area contributed by atoms with Gasteiger partial charge in [-0.3, -0.25) is 0 Å². The maximum Gasteiger partial charge on any atom is 0.104 e. The Balaban J connectivity index is 2.41. The monoisotopic (exact) mass is 317 g/mol. The second-order valence-corrected chi connectivity index (χ2v) is 9.63. The third kappa shape index (κ3) is 7.23. The van der Waals surface area contributed by atoms with Crippen LogP contribution in [0.5, 0.6) is 0 Å². The van der Waals surface area contributed by atoms with E-state index >= 15 is 0 Å². The molecular weight excluding hydrogens is 286 g/mol. The summed E-state index contributed by atoms with van der Waals surface area (Å²) >= 11 is 3.87. The van der Waals surface area contributed by atoms with Gasteiger partial charge in [-0.1, -0.05) is 59.2 Å². The summed E-state index contributed by atoms with van der Waals surface area (Å²) in [7, 11) is 0. The molecule has 1 rings (SSSR count). The van der Waals surface area contributed by atoms with Crippen molar-refractivity contribution in [2.45, 2.75) is 65.0 Å². The first-order chi connectivity index (χ1) is 9.31. The van der Waals surface area contributed by atoms with Crippen LogP contribution in [0.1, 0.15) is 60.3 Å². The molecule has 2 atom stereocenters. The fourth-order valence-corrected chi connectivity index (χ4v) is 4.35. The van der Waals surface area contributed by atoms with Crippen molar-refractivity contribution in [2.75, 3.05) is 11.6 Å². The zero-order chi connectivity index (χ0) is 15.2. The molecule has 0 spiro atoms. The van der Waals surface area contributed by atoms with Crippen molar-refractivity contribution in [1.82, 2.24) is 5.12 Å². The van der Waals surface area contributed by atoms with Crippen LogP contribution in [0, 0.1) is 11.8 Å². The van der Waals surface area contributed by atoms with Crippen LogP contribution in [-0.4, -0.2) is 26.5 Å². The zero-order valence-electron chi connectivity index (χ0n) is 13.7. The van der Waals surface area contributed by atoms with E-state index in [1.54, 1.807) is 16.9 Å². The van der Waals surface area contributed by atoms with Crippen LogP contribution < -0.4 is 5.84 Å². The summed E-state index contributed by atoms with van der Waals surface area (Å²) in [5, 5.41) is 7.18. The van der Waals surface area contributed by atoms with Gasteiger partial charge in [0.25, 0.3) is 0 Å². The van der Waals surface area contributed by atoms with Crippen LogP contribution in [0.2, 0.25) is 0 Å². The van der Waals surface area contributed by atoms with Crippen LogP contribution in [0.15, 0.2) is 5.10 Å². The van der Waals surface area contributed by atoms with Gasteiger partial charge in [0.1, 0.15) is 5.88 Å². The molecule has 0 saturated heterocycles. The lowest BCUT2D eigenvalue weighted by Crippen LogP contribution is -2.20. The number of hydrazone groups is 1. The fourth-order valence-electron chi connectivity index (χ4n) is 2.41. The molecule has 1 aliphatic heterocycles. The van der Waals surface area contributed by atoms with Crippen molar-refractivity contribution in [3.63, 3.8) is 0 Å². The van der Waals surface area contributed by atoms with E-state index in [1.807, 2.05) is 0 Å². The van der Waals surface area contributed by atoms with Crippen molar-refractivity contribution in [1.29, 1.82) is 0 Å². The van der Waals surface area contributed by atoms with Crippen LogP contribution >= 0.6 is 23.5 Å². The number of nitrogens with two attached hydrogens (primary N) is 1. The lowest BCUT2D eigenvalue weighted by molar-refractivity contribution is 0.331. The molecule has 5 heteroatoms. The van der Waals surface area contributed by atoms with Crippen molar-refractivity contribution in [3.8, 4) is 0 Å². The topological polar surface area (TPSA) is 41.6 Å². The lowest BCUT2D eigenvalue weighted by Gasteiger charge is -2.25. The first kappa shape index (κ1) is 18.2. The number of thioether (sulfide) groups is 2. The third-order valence-electron chi connectivity index (χ3n) is 3.61. The van der Waals surface area contributed by atoms with E-state index in [9.17, 15) is 0 Å². The maximum absolute atomic E-state index is 5.70. The van der Waals surface area contributed by atoms with Gasteiger partial charge in [0, 0.05) is 11.2 Å². The Labute approximate surface area is 133 Å². The van der Waals surface area contributed by atoms with Gasteiger partial charge in [-0.05, 0) is 24.0 Å². The fraction of sp³-hybridized carbons (Fsp3) is 0.933. The Morgan fingerprint density at radius 1 is 1.40 bits per heavy atom. The van der Waals surface area contributed by atoms with E-state index < -0.39 is 0 Å². The van der Waals surface area contributed by atoms with Crippen LogP contribution in [0.3, 0.4) is 0 Å². The van der Waals surface area contributed by atoms with Crippen LogP contribution in [0.25, 0.3) is 0 Å². The average molecular weight is 318 g/mol. The average Bonchev–Trinajstić information content (AvgIpc) is 2.72. The van der Waals surface area contributed by atoms with Crippen molar-refractivity contribution in [2.24, 2.45) is 22.8 Å². The quantitative estimate of drug-likeness (QED) is 0.667. The van der Waals surface area contributed by atoms with Crippen LogP contribution in [0.4, 0.5) is 0 Å². The molecule has 1 aliphatic rings. The Morgan fingerprint density at radius 3 is 2.60 bits per heavy atom. The highest BCUT2D eigenvalue weighted by atomic mass is 32.2. The molecule has 3 nitrogen and oxygen atoms in total. The maximum atomic E-state index is 5.70. The second kappa shape index (κ2) is 8.54. The number of hydrogen-bond donors (Lipinski definition) is 1. The van der Waals surface area contributed by atoms with Gasteiger partial charge in [-0.2, -0.15) is 16.9 Å². The van der Waals surface area contributed by atoms with Crippen molar-refractivity contribution >= 4 is 28.6 Å². The molecule has 0 aliphatic carbocycles. The van der Waals surface area contributed by atoms with Crippen molar-refractivity contribution in [3.05, 3.63) is 0 Å². The van der Waals surface area contributed by atoms with Gasteiger partial charge in [0.2, 0.25) is 0 Å². The predicted molar refractivity (Wildman–Crippen MR) is 94.9 cm³/mol. The highest BCUT2D eigenvalue weighted by Gasteiger charge is 2.22.